The maximum Gasteiger partial charge on any atom is 0.409 e. The number of nitrogens with zero attached hydrogens (tertiary/aromatic N) is 3. The minimum atomic E-state index is -0.600. The average molecular weight is 429 g/mol. The lowest BCUT2D eigenvalue weighted by Crippen LogP contribution is -2.37. The van der Waals surface area contributed by atoms with Gasteiger partial charge < -0.3 is 15.4 Å². The first kappa shape index (κ1) is 20.0. The van der Waals surface area contributed by atoms with Crippen LogP contribution in [0.15, 0.2) is 29.6 Å². The van der Waals surface area contributed by atoms with E-state index in [1.54, 1.807) is 22.4 Å². The number of hydrogen-bond donors (Lipinski definition) is 2. The predicted octanol–water partition coefficient (Wildman–Crippen LogP) is 3.38. The second-order valence-corrected chi connectivity index (χ2v) is 7.86. The number of halogens is 1. The summed E-state index contributed by atoms with van der Waals surface area (Å²) in [5, 5.41) is 9.84. The Labute approximate surface area is 175 Å². The first-order valence-corrected chi connectivity index (χ1v) is 10.3. The molecule has 0 unspecified atom stereocenters. The molecule has 30 heavy (non-hydrogen) atoms. The van der Waals surface area contributed by atoms with E-state index in [0.717, 1.165) is 29.7 Å². The number of primary amides is 1. The minimum Gasteiger partial charge on any atom is -0.453 e. The maximum absolute atomic E-state index is 13.4. The number of nitrogens with two attached hydrogens (primary N) is 1. The number of rotatable bonds is 4. The van der Waals surface area contributed by atoms with Crippen molar-refractivity contribution >= 4 is 23.3 Å². The first-order chi connectivity index (χ1) is 14.5. The van der Waals surface area contributed by atoms with Gasteiger partial charge in [0.25, 0.3) is 5.91 Å². The predicted molar refractivity (Wildman–Crippen MR) is 110 cm³/mol. The number of amides is 2. The van der Waals surface area contributed by atoms with Crippen LogP contribution in [-0.2, 0) is 4.74 Å². The van der Waals surface area contributed by atoms with Gasteiger partial charge in [0.15, 0.2) is 0 Å². The number of H-pyrrole nitrogens is 1. The number of methoxy groups -OCH3 is 1. The first-order valence-electron chi connectivity index (χ1n) is 9.40. The topological polar surface area (TPSA) is 114 Å². The third kappa shape index (κ3) is 3.78. The Morgan fingerprint density at radius 2 is 1.97 bits per heavy atom. The molecule has 1 aliphatic heterocycles. The normalized spacial score (nSPS) is 14.7. The average Bonchev–Trinajstić information content (AvgIpc) is 3.41. The largest absolute Gasteiger partial charge is 0.453 e. The van der Waals surface area contributed by atoms with Crippen LogP contribution in [0.4, 0.5) is 9.18 Å². The highest BCUT2D eigenvalue weighted by Gasteiger charge is 2.30. The molecule has 3 aromatic rings. The van der Waals surface area contributed by atoms with Gasteiger partial charge in [0, 0.05) is 35.6 Å². The van der Waals surface area contributed by atoms with Crippen LogP contribution in [0, 0.1) is 5.82 Å². The number of likely N-dealkylation sites (tertiary alicyclic amines) is 1. The Morgan fingerprint density at radius 1 is 1.27 bits per heavy atom. The third-order valence-corrected chi connectivity index (χ3v) is 6.08. The minimum absolute atomic E-state index is 0.114. The summed E-state index contributed by atoms with van der Waals surface area (Å²) in [6.45, 7) is 1.12. The Morgan fingerprint density at radius 3 is 2.57 bits per heavy atom. The van der Waals surface area contributed by atoms with Crippen molar-refractivity contribution in [2.24, 2.45) is 5.73 Å². The maximum atomic E-state index is 13.4. The van der Waals surface area contributed by atoms with E-state index in [4.69, 9.17) is 10.5 Å². The van der Waals surface area contributed by atoms with E-state index >= 15 is 0 Å². The number of carbonyl (C=O) groups is 2. The van der Waals surface area contributed by atoms with E-state index in [2.05, 4.69) is 15.2 Å². The fraction of sp³-hybridized carbons (Fsp3) is 0.300. The molecule has 10 heteroatoms. The summed E-state index contributed by atoms with van der Waals surface area (Å²) in [6, 6.07) is 6.06. The summed E-state index contributed by atoms with van der Waals surface area (Å²) in [6.07, 6.45) is 1.11. The Hall–Kier alpha value is -3.27. The molecular formula is C20H20FN5O3S. The molecular weight excluding hydrogens is 409 g/mol. The summed E-state index contributed by atoms with van der Waals surface area (Å²) in [7, 11) is 1.37. The van der Waals surface area contributed by atoms with Crippen molar-refractivity contribution in [1.82, 2.24) is 20.1 Å². The van der Waals surface area contributed by atoms with Crippen LogP contribution < -0.4 is 5.73 Å². The number of nitrogens with one attached hydrogen (secondary N) is 1. The van der Waals surface area contributed by atoms with Crippen molar-refractivity contribution in [1.29, 1.82) is 0 Å². The van der Waals surface area contributed by atoms with Gasteiger partial charge in [-0.25, -0.2) is 14.2 Å². The van der Waals surface area contributed by atoms with Gasteiger partial charge in [-0.15, -0.1) is 11.3 Å². The number of aromatic nitrogens is 3. The lowest BCUT2D eigenvalue weighted by molar-refractivity contribution is 0.0996. The van der Waals surface area contributed by atoms with Crippen molar-refractivity contribution in [3.05, 3.63) is 46.9 Å². The lowest BCUT2D eigenvalue weighted by atomic mass is 9.90. The van der Waals surface area contributed by atoms with E-state index in [1.165, 1.54) is 30.6 Å². The van der Waals surface area contributed by atoms with Crippen LogP contribution in [0.5, 0.6) is 0 Å². The van der Waals surface area contributed by atoms with Gasteiger partial charge in [-0.2, -0.15) is 5.10 Å². The number of carbonyl (C=O) groups excluding carboxylic acids is 2. The lowest BCUT2D eigenvalue weighted by Gasteiger charge is -2.30. The molecule has 0 spiro atoms. The number of piperidine rings is 1. The van der Waals surface area contributed by atoms with Crippen LogP contribution >= 0.6 is 11.3 Å². The van der Waals surface area contributed by atoms with E-state index in [-0.39, 0.29) is 23.5 Å². The van der Waals surface area contributed by atoms with Crippen LogP contribution in [0.3, 0.4) is 0 Å². The second-order valence-electron chi connectivity index (χ2n) is 7.00. The number of hydrogen-bond acceptors (Lipinski definition) is 6. The molecule has 3 heterocycles. The molecule has 4 rings (SSSR count). The summed E-state index contributed by atoms with van der Waals surface area (Å²) in [5.74, 6) is -0.822. The molecule has 2 aromatic heterocycles. The monoisotopic (exact) mass is 429 g/mol. The number of aromatic amines is 1. The molecule has 1 aromatic carbocycles. The Balaban J connectivity index is 1.73. The van der Waals surface area contributed by atoms with E-state index in [0.29, 0.717) is 23.8 Å². The highest BCUT2D eigenvalue weighted by molar-refractivity contribution is 7.13. The molecule has 1 fully saturated rings. The van der Waals surface area contributed by atoms with Crippen LogP contribution in [0.25, 0.3) is 21.8 Å². The quantitative estimate of drug-likeness (QED) is 0.660. The zero-order valence-corrected chi connectivity index (χ0v) is 17.0. The fourth-order valence-electron chi connectivity index (χ4n) is 3.67. The van der Waals surface area contributed by atoms with Crippen molar-refractivity contribution in [2.75, 3.05) is 20.2 Å². The Kier molecular flexibility index (Phi) is 5.49. The summed E-state index contributed by atoms with van der Waals surface area (Å²) >= 11 is 1.30. The number of ether oxygens (including phenoxy) is 1. The highest BCUT2D eigenvalue weighted by Crippen LogP contribution is 2.41. The molecule has 0 radical (unpaired) electrons. The van der Waals surface area contributed by atoms with E-state index in [9.17, 15) is 14.0 Å². The zero-order valence-electron chi connectivity index (χ0n) is 16.2. The van der Waals surface area contributed by atoms with Gasteiger partial charge in [-0.05, 0) is 37.1 Å². The molecule has 156 valence electrons. The third-order valence-electron chi connectivity index (χ3n) is 5.22. The van der Waals surface area contributed by atoms with Crippen molar-refractivity contribution in [3.63, 3.8) is 0 Å². The van der Waals surface area contributed by atoms with Crippen LogP contribution in [0.2, 0.25) is 0 Å². The molecule has 0 atom stereocenters. The molecule has 1 saturated heterocycles. The Bertz CT molecular complexity index is 1070. The van der Waals surface area contributed by atoms with Gasteiger partial charge >= 0.3 is 6.09 Å². The number of thiazole rings is 1. The van der Waals surface area contributed by atoms with Crippen LogP contribution in [0.1, 0.15) is 34.9 Å². The zero-order chi connectivity index (χ0) is 21.3. The van der Waals surface area contributed by atoms with Gasteiger partial charge in [0.05, 0.1) is 12.7 Å². The molecule has 1 aliphatic rings. The van der Waals surface area contributed by atoms with Gasteiger partial charge in [0.2, 0.25) is 0 Å². The SMILES string of the molecule is COC(=O)N1CCC(c2[nH]nc(-c3ccc(F)cc3)c2-c2nc(C(N)=O)cs2)CC1. The fourth-order valence-corrected chi connectivity index (χ4v) is 4.53. The molecule has 0 saturated carbocycles. The number of benzene rings is 1. The van der Waals surface area contributed by atoms with Crippen molar-refractivity contribution in [2.45, 2.75) is 18.8 Å². The van der Waals surface area contributed by atoms with Crippen molar-refractivity contribution in [3.8, 4) is 21.8 Å². The van der Waals surface area contributed by atoms with E-state index in [1.807, 2.05) is 0 Å². The van der Waals surface area contributed by atoms with E-state index < -0.39 is 5.91 Å². The standard InChI is InChI=1S/C20H20FN5O3S/c1-29-20(28)26-8-6-12(7-9-26)17-15(19-23-14(10-30-19)18(22)27)16(24-25-17)11-2-4-13(21)5-3-11/h2-5,10,12H,6-9H2,1H3,(H2,22,27)(H,24,25). The molecule has 0 bridgehead atoms. The smallest absolute Gasteiger partial charge is 0.409 e. The van der Waals surface area contributed by atoms with Crippen LogP contribution in [-0.4, -0.2) is 52.3 Å². The highest BCUT2D eigenvalue weighted by atomic mass is 32.1. The summed E-state index contributed by atoms with van der Waals surface area (Å²) < 4.78 is 18.2. The second kappa shape index (κ2) is 8.23. The molecule has 8 nitrogen and oxygen atoms in total. The molecule has 3 N–H and O–H groups in total. The summed E-state index contributed by atoms with van der Waals surface area (Å²) in [4.78, 5) is 29.4. The van der Waals surface area contributed by atoms with Crippen molar-refractivity contribution < 1.29 is 18.7 Å². The molecule has 0 aliphatic carbocycles. The van der Waals surface area contributed by atoms with Gasteiger partial charge in [-0.1, -0.05) is 0 Å². The van der Waals surface area contributed by atoms with Gasteiger partial charge in [-0.3, -0.25) is 9.89 Å². The van der Waals surface area contributed by atoms with Gasteiger partial charge in [0.1, 0.15) is 22.2 Å². The summed E-state index contributed by atoms with van der Waals surface area (Å²) in [5.41, 5.74) is 8.58. The molecule has 2 amide bonds.